The van der Waals surface area contributed by atoms with Crippen LogP contribution >= 0.6 is 11.5 Å². The molecule has 1 heterocycles. The molecule has 0 spiro atoms. The van der Waals surface area contributed by atoms with Crippen molar-refractivity contribution < 1.29 is 4.79 Å². The lowest BCUT2D eigenvalue weighted by molar-refractivity contribution is 0.244. The van der Waals surface area contributed by atoms with Gasteiger partial charge in [-0.05, 0) is 18.0 Å². The Morgan fingerprint density at radius 3 is 2.14 bits per heavy atom. The van der Waals surface area contributed by atoms with Gasteiger partial charge in [-0.1, -0.05) is 64.7 Å². The molecular formula is C16H28N2O2S. The summed E-state index contributed by atoms with van der Waals surface area (Å²) in [5.41, 5.74) is 0. The third kappa shape index (κ3) is 8.71. The number of rotatable bonds is 11. The molecule has 21 heavy (non-hydrogen) atoms. The van der Waals surface area contributed by atoms with E-state index in [1.165, 1.54) is 67.6 Å². The Kier molecular flexibility index (Phi) is 9.87. The largest absolute Gasteiger partial charge is 0.337 e. The van der Waals surface area contributed by atoms with Gasteiger partial charge >= 0.3 is 6.03 Å². The van der Waals surface area contributed by atoms with Crippen molar-refractivity contribution in [2.24, 2.45) is 0 Å². The molecule has 1 N–H and O–H groups in total. The Hall–Kier alpha value is -1.10. The number of nitrogens with one attached hydrogen (secondary N) is 1. The van der Waals surface area contributed by atoms with Crippen LogP contribution in [0.2, 0.25) is 0 Å². The first-order valence-corrected chi connectivity index (χ1v) is 8.98. The Morgan fingerprint density at radius 1 is 1.05 bits per heavy atom. The molecule has 1 aromatic heterocycles. The van der Waals surface area contributed by atoms with E-state index in [1.54, 1.807) is 0 Å². The van der Waals surface area contributed by atoms with Crippen molar-refractivity contribution in [2.45, 2.75) is 71.1 Å². The fourth-order valence-corrected chi connectivity index (χ4v) is 2.87. The van der Waals surface area contributed by atoms with Crippen molar-refractivity contribution in [3.8, 4) is 0 Å². The van der Waals surface area contributed by atoms with Crippen molar-refractivity contribution in [2.75, 3.05) is 6.54 Å². The first-order valence-electron chi connectivity index (χ1n) is 8.21. The summed E-state index contributed by atoms with van der Waals surface area (Å²) in [5, 5.41) is 2.83. The summed E-state index contributed by atoms with van der Waals surface area (Å²) in [6, 6.07) is 1.21. The first kappa shape index (κ1) is 18.0. The number of aromatic nitrogens is 1. The van der Waals surface area contributed by atoms with E-state index in [1.807, 2.05) is 0 Å². The summed E-state index contributed by atoms with van der Waals surface area (Å²) in [4.78, 5) is 22.6. The zero-order chi connectivity index (χ0) is 15.3. The highest BCUT2D eigenvalue weighted by Crippen LogP contribution is 2.10. The van der Waals surface area contributed by atoms with Crippen molar-refractivity contribution in [1.29, 1.82) is 0 Å². The molecule has 5 heteroatoms. The molecule has 4 nitrogen and oxygen atoms in total. The summed E-state index contributed by atoms with van der Waals surface area (Å²) in [6.45, 7) is 2.93. The predicted octanol–water partition coefficient (Wildman–Crippen LogP) is 4.39. The van der Waals surface area contributed by atoms with Gasteiger partial charge in [0, 0.05) is 18.8 Å². The molecule has 1 amide bonds. The number of nitrogens with zero attached hydrogens (tertiary/aromatic N) is 1. The van der Waals surface area contributed by atoms with Gasteiger partial charge in [-0.3, -0.25) is 4.79 Å². The lowest BCUT2D eigenvalue weighted by Crippen LogP contribution is -2.27. The van der Waals surface area contributed by atoms with Gasteiger partial charge in [0.1, 0.15) is 0 Å². The highest BCUT2D eigenvalue weighted by atomic mass is 32.1. The van der Waals surface area contributed by atoms with Crippen LogP contribution in [0.25, 0.3) is 0 Å². The average Bonchev–Trinajstić information content (AvgIpc) is 2.91. The lowest BCUT2D eigenvalue weighted by atomic mass is 10.1. The third-order valence-corrected chi connectivity index (χ3v) is 4.34. The highest BCUT2D eigenvalue weighted by molar-refractivity contribution is 7.04. The molecule has 0 bridgehead atoms. The molecule has 120 valence electrons. The maximum Gasteiger partial charge on any atom is 0.335 e. The van der Waals surface area contributed by atoms with Crippen molar-refractivity contribution in [3.05, 3.63) is 21.8 Å². The molecule has 0 fully saturated rings. The number of amides is 1. The molecule has 1 aromatic rings. The van der Waals surface area contributed by atoms with E-state index < -0.39 is 0 Å². The minimum atomic E-state index is -0.196. The quantitative estimate of drug-likeness (QED) is 0.616. The molecule has 1 rings (SSSR count). The predicted molar refractivity (Wildman–Crippen MR) is 89.2 cm³/mol. The number of carbonyl (C=O) groups excluding carboxylic acids is 1. The zero-order valence-corrected chi connectivity index (χ0v) is 13.9. The van der Waals surface area contributed by atoms with Crippen LogP contribution in [0, 0.1) is 0 Å². The highest BCUT2D eigenvalue weighted by Gasteiger charge is 2.03. The van der Waals surface area contributed by atoms with Crippen molar-refractivity contribution >= 4 is 17.6 Å². The van der Waals surface area contributed by atoms with Crippen LogP contribution in [0.3, 0.4) is 0 Å². The Balaban J connectivity index is 1.88. The monoisotopic (exact) mass is 312 g/mol. The number of hydrogen-bond donors (Lipinski definition) is 1. The first-order chi connectivity index (χ1) is 10.2. The second kappa shape index (κ2) is 11.5. The van der Waals surface area contributed by atoms with E-state index in [9.17, 15) is 9.59 Å². The van der Waals surface area contributed by atoms with E-state index >= 15 is 0 Å². The average molecular weight is 312 g/mol. The maximum absolute atomic E-state index is 11.6. The normalized spacial score (nSPS) is 10.7. The molecule has 0 aliphatic carbocycles. The number of unbranched alkanes of at least 4 members (excludes halogenated alkanes) is 9. The van der Waals surface area contributed by atoms with Crippen LogP contribution in [-0.2, 0) is 0 Å². The fraction of sp³-hybridized carbons (Fsp3) is 0.750. The topological polar surface area (TPSA) is 51.1 Å². The summed E-state index contributed by atoms with van der Waals surface area (Å²) < 4.78 is 1.25. The summed E-state index contributed by atoms with van der Waals surface area (Å²) in [7, 11) is 0. The van der Waals surface area contributed by atoms with Gasteiger partial charge in [-0.15, -0.1) is 0 Å². The van der Waals surface area contributed by atoms with Crippen LogP contribution in [0.5, 0.6) is 0 Å². The maximum atomic E-state index is 11.6. The van der Waals surface area contributed by atoms with Gasteiger partial charge in [0.25, 0.3) is 0 Å². The van der Waals surface area contributed by atoms with Crippen molar-refractivity contribution in [1.82, 2.24) is 9.27 Å². The Bertz CT molecular complexity index is 439. The second-order valence-corrected chi connectivity index (χ2v) is 6.44. The van der Waals surface area contributed by atoms with Crippen LogP contribution in [0.4, 0.5) is 4.79 Å². The molecule has 0 atom stereocenters. The van der Waals surface area contributed by atoms with Crippen LogP contribution in [-0.4, -0.2) is 16.5 Å². The van der Waals surface area contributed by atoms with E-state index in [4.69, 9.17) is 0 Å². The van der Waals surface area contributed by atoms with Crippen molar-refractivity contribution in [3.63, 3.8) is 0 Å². The third-order valence-electron chi connectivity index (χ3n) is 3.54. The smallest absolute Gasteiger partial charge is 0.335 e. The number of hydrogen-bond acceptors (Lipinski definition) is 3. The summed E-state index contributed by atoms with van der Waals surface area (Å²) >= 11 is 0.928. The molecule has 0 saturated carbocycles. The van der Waals surface area contributed by atoms with E-state index in [2.05, 4.69) is 12.2 Å². The second-order valence-electron chi connectivity index (χ2n) is 5.47. The Morgan fingerprint density at radius 2 is 1.62 bits per heavy atom. The standard InChI is InChI=1S/C16H28N2O2S/c1-2-3-4-5-6-7-8-9-10-11-13-17-16(20)18-14-12-15(19)21-18/h12,14H,2-11,13H2,1H3,(H,17,20). The lowest BCUT2D eigenvalue weighted by Gasteiger charge is -2.05. The molecule has 0 aromatic carbocycles. The summed E-state index contributed by atoms with van der Waals surface area (Å²) in [5.74, 6) is 0. The minimum absolute atomic E-state index is 0.0934. The van der Waals surface area contributed by atoms with Crippen LogP contribution in [0.15, 0.2) is 17.1 Å². The van der Waals surface area contributed by atoms with Gasteiger partial charge in [0.2, 0.25) is 4.74 Å². The van der Waals surface area contributed by atoms with E-state index in [-0.39, 0.29) is 10.8 Å². The van der Waals surface area contributed by atoms with Crippen LogP contribution < -0.4 is 10.1 Å². The van der Waals surface area contributed by atoms with Gasteiger partial charge in [-0.25, -0.2) is 8.75 Å². The SMILES string of the molecule is CCCCCCCCCCCCNC(=O)n1ccc(=O)s1. The van der Waals surface area contributed by atoms with E-state index in [0.717, 1.165) is 24.4 Å². The molecule has 0 unspecified atom stereocenters. The van der Waals surface area contributed by atoms with Gasteiger partial charge < -0.3 is 5.32 Å². The summed E-state index contributed by atoms with van der Waals surface area (Å²) in [6.07, 6.45) is 14.4. The Labute approximate surface area is 131 Å². The molecular weight excluding hydrogens is 284 g/mol. The minimum Gasteiger partial charge on any atom is -0.337 e. The zero-order valence-electron chi connectivity index (χ0n) is 13.1. The van der Waals surface area contributed by atoms with Crippen LogP contribution in [0.1, 0.15) is 71.1 Å². The van der Waals surface area contributed by atoms with Gasteiger partial charge in [-0.2, -0.15) is 0 Å². The molecule has 0 radical (unpaired) electrons. The van der Waals surface area contributed by atoms with E-state index in [0.29, 0.717) is 6.54 Å². The fourth-order valence-electron chi connectivity index (χ4n) is 2.28. The molecule has 0 saturated heterocycles. The molecule has 0 aliphatic rings. The molecule has 0 aliphatic heterocycles. The van der Waals surface area contributed by atoms with Gasteiger partial charge in [0.15, 0.2) is 0 Å². The number of carbonyl (C=O) groups is 1. The van der Waals surface area contributed by atoms with Gasteiger partial charge in [0.05, 0.1) is 0 Å².